The fraction of sp³-hybridized carbons (Fsp3) is 0.125. The van der Waals surface area contributed by atoms with E-state index in [2.05, 4.69) is 15.3 Å². The van der Waals surface area contributed by atoms with Gasteiger partial charge in [0.05, 0.1) is 21.7 Å². The molecule has 0 unspecified atom stereocenters. The normalized spacial score (nSPS) is 11.6. The Morgan fingerprint density at radius 1 is 1.00 bits per heavy atom. The molecule has 0 fully saturated rings. The van der Waals surface area contributed by atoms with Crippen molar-refractivity contribution in [3.05, 3.63) is 84.2 Å². The van der Waals surface area contributed by atoms with Crippen molar-refractivity contribution in [3.8, 4) is 11.3 Å². The smallest absolute Gasteiger partial charge is 0.256 e. The number of anilines is 1. The van der Waals surface area contributed by atoms with Crippen molar-refractivity contribution >= 4 is 32.5 Å². The molecular weight excluding hydrogens is 424 g/mol. The van der Waals surface area contributed by atoms with Crippen LogP contribution < -0.4 is 5.32 Å². The fourth-order valence-corrected chi connectivity index (χ4v) is 4.52. The van der Waals surface area contributed by atoms with Crippen LogP contribution in [0, 0.1) is 6.92 Å². The number of hydrogen-bond donors (Lipinski definition) is 1. The van der Waals surface area contributed by atoms with Gasteiger partial charge in [0.15, 0.2) is 0 Å². The minimum absolute atomic E-state index is 0.149. The molecule has 0 bridgehead atoms. The molecule has 0 atom stereocenters. The number of sulfonamides is 1. The molecule has 0 aliphatic rings. The van der Waals surface area contributed by atoms with E-state index in [1.807, 2.05) is 36.4 Å². The van der Waals surface area contributed by atoms with Gasteiger partial charge in [0.1, 0.15) is 0 Å². The lowest BCUT2D eigenvalue weighted by molar-refractivity contribution is 0.102. The first-order chi connectivity index (χ1) is 15.3. The van der Waals surface area contributed by atoms with Gasteiger partial charge in [-0.25, -0.2) is 17.7 Å². The number of benzene rings is 2. The van der Waals surface area contributed by atoms with Gasteiger partial charge < -0.3 is 5.32 Å². The van der Waals surface area contributed by atoms with E-state index in [9.17, 15) is 13.2 Å². The van der Waals surface area contributed by atoms with Crippen LogP contribution in [0.2, 0.25) is 0 Å². The summed E-state index contributed by atoms with van der Waals surface area (Å²) in [5.41, 5.74) is 3.53. The van der Waals surface area contributed by atoms with Crippen LogP contribution in [0.15, 0.2) is 78.0 Å². The van der Waals surface area contributed by atoms with Gasteiger partial charge in [-0.1, -0.05) is 24.3 Å². The first-order valence-electron chi connectivity index (χ1n) is 9.92. The first kappa shape index (κ1) is 21.6. The summed E-state index contributed by atoms with van der Waals surface area (Å²) in [4.78, 5) is 22.2. The van der Waals surface area contributed by atoms with Crippen LogP contribution in [0.1, 0.15) is 15.9 Å². The number of fused-ring (bicyclic) bond motifs is 1. The average Bonchev–Trinajstić information content (AvgIpc) is 2.79. The Kier molecular flexibility index (Phi) is 5.73. The third kappa shape index (κ3) is 4.10. The van der Waals surface area contributed by atoms with Crippen molar-refractivity contribution in [2.24, 2.45) is 0 Å². The number of pyridine rings is 2. The molecule has 2 heterocycles. The number of amides is 1. The maximum Gasteiger partial charge on any atom is 0.256 e. The second-order valence-corrected chi connectivity index (χ2v) is 9.66. The number of para-hydroxylation sites is 1. The van der Waals surface area contributed by atoms with Crippen molar-refractivity contribution in [1.82, 2.24) is 14.3 Å². The molecule has 32 heavy (non-hydrogen) atoms. The van der Waals surface area contributed by atoms with E-state index in [1.165, 1.54) is 20.2 Å². The van der Waals surface area contributed by atoms with Crippen molar-refractivity contribution in [2.45, 2.75) is 11.8 Å². The second-order valence-electron chi connectivity index (χ2n) is 7.54. The molecule has 0 aliphatic carbocycles. The number of rotatable bonds is 5. The number of aromatic nitrogens is 2. The van der Waals surface area contributed by atoms with Crippen LogP contribution in [0.25, 0.3) is 22.2 Å². The lowest BCUT2D eigenvalue weighted by Gasteiger charge is -2.15. The van der Waals surface area contributed by atoms with Crippen LogP contribution in [0.4, 0.5) is 5.69 Å². The summed E-state index contributed by atoms with van der Waals surface area (Å²) in [5.74, 6) is -0.356. The van der Waals surface area contributed by atoms with E-state index in [4.69, 9.17) is 0 Å². The molecule has 2 aromatic heterocycles. The summed E-state index contributed by atoms with van der Waals surface area (Å²) in [6, 6.07) is 17.6. The monoisotopic (exact) mass is 446 g/mol. The summed E-state index contributed by atoms with van der Waals surface area (Å²) < 4.78 is 26.4. The van der Waals surface area contributed by atoms with Gasteiger partial charge >= 0.3 is 0 Å². The van der Waals surface area contributed by atoms with Crippen LogP contribution in [-0.4, -0.2) is 42.7 Å². The lowest BCUT2D eigenvalue weighted by atomic mass is 10.0. The summed E-state index contributed by atoms with van der Waals surface area (Å²) in [5, 5.41) is 3.54. The minimum atomic E-state index is -3.64. The van der Waals surface area contributed by atoms with Gasteiger partial charge in [0, 0.05) is 43.1 Å². The number of aryl methyl sites for hydroxylation is 1. The highest BCUT2D eigenvalue weighted by Crippen LogP contribution is 2.27. The van der Waals surface area contributed by atoms with Crippen LogP contribution in [0.3, 0.4) is 0 Å². The molecule has 4 rings (SSSR count). The zero-order valence-electron chi connectivity index (χ0n) is 17.9. The number of nitrogens with zero attached hydrogens (tertiary/aromatic N) is 3. The highest BCUT2D eigenvalue weighted by molar-refractivity contribution is 7.89. The molecule has 0 saturated carbocycles. The van der Waals surface area contributed by atoms with E-state index in [-0.39, 0.29) is 10.8 Å². The van der Waals surface area contributed by atoms with Crippen LogP contribution >= 0.6 is 0 Å². The first-order valence-corrected chi connectivity index (χ1v) is 11.4. The molecule has 4 aromatic rings. The predicted molar refractivity (Wildman–Crippen MR) is 125 cm³/mol. The summed E-state index contributed by atoms with van der Waals surface area (Å²) in [7, 11) is -0.692. The maximum absolute atomic E-state index is 13.3. The molecule has 2 aromatic carbocycles. The second kappa shape index (κ2) is 8.49. The standard InChI is InChI=1S/C24H22N4O3S/c1-16-10-11-18(13-23(16)32(30,31)28(2)3)26-24(29)20-14-22(17-7-6-12-25-15-17)27-21-9-5-4-8-19(20)21/h4-15H,1-3H3,(H,26,29). The van der Waals surface area contributed by atoms with Gasteiger partial charge in [0.25, 0.3) is 5.91 Å². The minimum Gasteiger partial charge on any atom is -0.322 e. The van der Waals surface area contributed by atoms with E-state index in [1.54, 1.807) is 37.5 Å². The summed E-state index contributed by atoms with van der Waals surface area (Å²) >= 11 is 0. The molecule has 0 radical (unpaired) electrons. The molecule has 1 N–H and O–H groups in total. The third-order valence-corrected chi connectivity index (χ3v) is 7.08. The van der Waals surface area contributed by atoms with E-state index in [0.29, 0.717) is 33.4 Å². The largest absolute Gasteiger partial charge is 0.322 e. The highest BCUT2D eigenvalue weighted by atomic mass is 32.2. The Morgan fingerprint density at radius 2 is 1.78 bits per heavy atom. The molecule has 1 amide bonds. The Labute approximate surface area is 186 Å². The molecule has 162 valence electrons. The van der Waals surface area contributed by atoms with Gasteiger partial charge in [-0.3, -0.25) is 9.78 Å². The topological polar surface area (TPSA) is 92.3 Å². The van der Waals surface area contributed by atoms with Gasteiger partial charge in [-0.15, -0.1) is 0 Å². The highest BCUT2D eigenvalue weighted by Gasteiger charge is 2.21. The number of carbonyl (C=O) groups excluding carboxylic acids is 1. The molecule has 0 aliphatic heterocycles. The Hall–Kier alpha value is -3.62. The summed E-state index contributed by atoms with van der Waals surface area (Å²) in [6.45, 7) is 1.72. The molecule has 0 saturated heterocycles. The van der Waals surface area contributed by atoms with E-state index < -0.39 is 10.0 Å². The number of carbonyl (C=O) groups is 1. The average molecular weight is 447 g/mol. The van der Waals surface area contributed by atoms with E-state index >= 15 is 0 Å². The van der Waals surface area contributed by atoms with Gasteiger partial charge in [-0.05, 0) is 48.9 Å². The van der Waals surface area contributed by atoms with Crippen molar-refractivity contribution in [1.29, 1.82) is 0 Å². The van der Waals surface area contributed by atoms with Crippen LogP contribution in [-0.2, 0) is 10.0 Å². The van der Waals surface area contributed by atoms with E-state index in [0.717, 1.165) is 9.87 Å². The van der Waals surface area contributed by atoms with Gasteiger partial charge in [-0.2, -0.15) is 0 Å². The summed E-state index contributed by atoms with van der Waals surface area (Å²) in [6.07, 6.45) is 3.37. The quantitative estimate of drug-likeness (QED) is 0.498. The van der Waals surface area contributed by atoms with Crippen molar-refractivity contribution in [2.75, 3.05) is 19.4 Å². The number of hydrogen-bond acceptors (Lipinski definition) is 5. The Bertz CT molecular complexity index is 1420. The maximum atomic E-state index is 13.3. The van der Waals surface area contributed by atoms with Gasteiger partial charge in [0.2, 0.25) is 10.0 Å². The molecule has 0 spiro atoms. The zero-order valence-corrected chi connectivity index (χ0v) is 18.7. The fourth-order valence-electron chi connectivity index (χ4n) is 3.38. The third-order valence-electron chi connectivity index (χ3n) is 5.12. The molecular formula is C24H22N4O3S. The van der Waals surface area contributed by atoms with Crippen LogP contribution in [0.5, 0.6) is 0 Å². The SMILES string of the molecule is Cc1ccc(NC(=O)c2cc(-c3cccnc3)nc3ccccc23)cc1S(=O)(=O)N(C)C. The van der Waals surface area contributed by atoms with Crippen molar-refractivity contribution < 1.29 is 13.2 Å². The van der Waals surface area contributed by atoms with Crippen molar-refractivity contribution in [3.63, 3.8) is 0 Å². The molecule has 7 nitrogen and oxygen atoms in total. The Balaban J connectivity index is 1.77. The Morgan fingerprint density at radius 3 is 2.50 bits per heavy atom. The molecule has 8 heteroatoms. The predicted octanol–water partition coefficient (Wildman–Crippen LogP) is 4.11. The lowest BCUT2D eigenvalue weighted by Crippen LogP contribution is -2.23. The zero-order chi connectivity index (χ0) is 22.9. The number of nitrogens with one attached hydrogen (secondary N) is 1.